The van der Waals surface area contributed by atoms with Crippen LogP contribution in [0.2, 0.25) is 0 Å². The van der Waals surface area contributed by atoms with Crippen molar-refractivity contribution >= 4 is 24.8 Å². The van der Waals surface area contributed by atoms with Crippen LogP contribution in [0.1, 0.15) is 93.4 Å². The number of carbonyl (C=O) groups excluding carboxylic acids is 3. The summed E-state index contributed by atoms with van der Waals surface area (Å²) in [6.07, 6.45) is 5.72. The number of hydrogen-bond donors (Lipinski definition) is 3. The molecule has 0 aromatic carbocycles. The van der Waals surface area contributed by atoms with Crippen LogP contribution in [0.15, 0.2) is 0 Å². The Balaban J connectivity index is 1.82. The Morgan fingerprint density at radius 3 is 2.40 bits per heavy atom. The van der Waals surface area contributed by atoms with Gasteiger partial charge in [-0.25, -0.2) is 0 Å². The maximum Gasteiger partial charge on any atom is 0.481 e. The highest BCUT2D eigenvalue weighted by molar-refractivity contribution is 6.47. The first-order valence-corrected chi connectivity index (χ1v) is 13.6. The number of fused-ring (bicyclic) bond motifs is 1. The van der Waals surface area contributed by atoms with Crippen LogP contribution in [-0.2, 0) is 23.7 Å². The van der Waals surface area contributed by atoms with E-state index in [-0.39, 0.29) is 47.8 Å². The van der Waals surface area contributed by atoms with Gasteiger partial charge in [-0.05, 0) is 48.9 Å². The number of hydrogen-bond acceptors (Lipinski definition) is 5. The molecule has 0 aromatic rings. The summed E-state index contributed by atoms with van der Waals surface area (Å²) in [6.45, 7) is 15.5. The fraction of sp³-hybridized carbons (Fsp3) is 0.885. The summed E-state index contributed by atoms with van der Waals surface area (Å²) in [5.74, 6) is 0.649. The number of unbranched alkanes of at least 4 members (excludes halogenated alkanes) is 2. The van der Waals surface area contributed by atoms with Crippen molar-refractivity contribution in [2.24, 2.45) is 23.2 Å². The van der Waals surface area contributed by atoms with Crippen LogP contribution >= 0.6 is 0 Å². The van der Waals surface area contributed by atoms with Gasteiger partial charge in [-0.3, -0.25) is 14.4 Å². The minimum atomic E-state index is -0.468. The Morgan fingerprint density at radius 2 is 1.77 bits per heavy atom. The van der Waals surface area contributed by atoms with Gasteiger partial charge in [0, 0.05) is 19.9 Å². The van der Waals surface area contributed by atoms with E-state index in [9.17, 15) is 14.4 Å². The summed E-state index contributed by atoms with van der Waals surface area (Å²) in [4.78, 5) is 35.7. The lowest BCUT2D eigenvalue weighted by Gasteiger charge is -2.48. The van der Waals surface area contributed by atoms with Gasteiger partial charge in [-0.2, -0.15) is 0 Å². The molecule has 3 amide bonds. The van der Waals surface area contributed by atoms with Crippen molar-refractivity contribution in [1.29, 1.82) is 0 Å². The molecular weight excluding hydrogens is 445 g/mol. The molecule has 1 saturated carbocycles. The van der Waals surface area contributed by atoms with E-state index in [2.05, 4.69) is 57.5 Å². The van der Waals surface area contributed by atoms with Gasteiger partial charge in [-0.1, -0.05) is 54.4 Å². The van der Waals surface area contributed by atoms with E-state index < -0.39 is 7.12 Å². The van der Waals surface area contributed by atoms with Gasteiger partial charge in [0.2, 0.25) is 17.7 Å². The summed E-state index contributed by atoms with van der Waals surface area (Å²) >= 11 is 0. The second-order valence-corrected chi connectivity index (χ2v) is 11.5. The molecule has 5 atom stereocenters. The zero-order valence-corrected chi connectivity index (χ0v) is 22.9. The second kappa shape index (κ2) is 13.6. The van der Waals surface area contributed by atoms with Crippen LogP contribution in [-0.4, -0.2) is 56.1 Å². The van der Waals surface area contributed by atoms with Crippen LogP contribution in [0.3, 0.4) is 0 Å². The van der Waals surface area contributed by atoms with Crippen molar-refractivity contribution in [2.75, 3.05) is 13.1 Å². The predicted molar refractivity (Wildman–Crippen MR) is 138 cm³/mol. The maximum absolute atomic E-state index is 12.7. The maximum atomic E-state index is 12.7. The molecule has 200 valence electrons. The summed E-state index contributed by atoms with van der Waals surface area (Å²) in [5.41, 5.74) is 0.180. The molecular formula is C26H48BN3O5. The SMILES string of the molecule is CCC1C[C@H]2OB([C@H](CC(C)C)NC(=O)CNC(=O)CCCCCNC(C)=O)O[C@H]2C(C)C1(C)C. The van der Waals surface area contributed by atoms with E-state index in [1.54, 1.807) is 0 Å². The summed E-state index contributed by atoms with van der Waals surface area (Å²) in [6, 6.07) is 0. The molecule has 1 aliphatic carbocycles. The van der Waals surface area contributed by atoms with Crippen LogP contribution in [0.4, 0.5) is 0 Å². The first-order chi connectivity index (χ1) is 16.4. The molecule has 2 fully saturated rings. The van der Waals surface area contributed by atoms with Crippen LogP contribution in [0.5, 0.6) is 0 Å². The van der Waals surface area contributed by atoms with Crippen LogP contribution in [0, 0.1) is 23.2 Å². The van der Waals surface area contributed by atoms with Gasteiger partial charge < -0.3 is 25.3 Å². The minimum absolute atomic E-state index is 0.0368. The molecule has 0 radical (unpaired) electrons. The van der Waals surface area contributed by atoms with Gasteiger partial charge in [0.25, 0.3) is 0 Å². The number of carbonyl (C=O) groups is 3. The van der Waals surface area contributed by atoms with Crippen molar-refractivity contribution in [1.82, 2.24) is 16.0 Å². The lowest BCUT2D eigenvalue weighted by atomic mass is 9.60. The molecule has 1 aliphatic heterocycles. The van der Waals surface area contributed by atoms with Crippen molar-refractivity contribution in [2.45, 2.75) is 112 Å². The molecule has 0 aromatic heterocycles. The van der Waals surface area contributed by atoms with Gasteiger partial charge in [0.1, 0.15) is 0 Å². The van der Waals surface area contributed by atoms with E-state index in [0.717, 1.165) is 38.5 Å². The van der Waals surface area contributed by atoms with E-state index in [1.165, 1.54) is 6.92 Å². The molecule has 35 heavy (non-hydrogen) atoms. The molecule has 0 bridgehead atoms. The Kier molecular flexibility index (Phi) is 11.5. The Hall–Kier alpha value is -1.61. The van der Waals surface area contributed by atoms with Gasteiger partial charge >= 0.3 is 7.12 Å². The van der Waals surface area contributed by atoms with Gasteiger partial charge in [0.15, 0.2) is 0 Å². The fourth-order valence-electron chi connectivity index (χ4n) is 5.54. The van der Waals surface area contributed by atoms with Crippen LogP contribution in [0.25, 0.3) is 0 Å². The minimum Gasteiger partial charge on any atom is -0.404 e. The lowest BCUT2D eigenvalue weighted by Crippen LogP contribution is -2.51. The van der Waals surface area contributed by atoms with E-state index in [1.807, 2.05) is 0 Å². The number of rotatable bonds is 13. The average Bonchev–Trinajstić information content (AvgIpc) is 3.20. The monoisotopic (exact) mass is 493 g/mol. The van der Waals surface area contributed by atoms with E-state index >= 15 is 0 Å². The summed E-state index contributed by atoms with van der Waals surface area (Å²) in [5, 5.41) is 8.53. The topological polar surface area (TPSA) is 106 Å². The molecule has 2 rings (SSSR count). The quantitative estimate of drug-likeness (QED) is 0.270. The molecule has 9 heteroatoms. The summed E-state index contributed by atoms with van der Waals surface area (Å²) in [7, 11) is -0.468. The Bertz CT molecular complexity index is 717. The highest BCUT2D eigenvalue weighted by Gasteiger charge is 2.54. The normalized spacial score (nSPS) is 26.2. The predicted octanol–water partition coefficient (Wildman–Crippen LogP) is 3.23. The van der Waals surface area contributed by atoms with Gasteiger partial charge in [-0.15, -0.1) is 0 Å². The standard InChI is InChI=1S/C26H48BN3O5/c1-8-20-15-21-25(18(4)26(20,6)7)35-27(34-21)22(14-17(2)3)30-24(33)16-29-23(32)12-10-9-11-13-28-19(5)31/h17-18,20-22,25H,8-16H2,1-7H3,(H,28,31)(H,29,32)(H,30,33)/t18?,20?,21-,22+,25+/m1/s1. The van der Waals surface area contributed by atoms with E-state index in [0.29, 0.717) is 30.7 Å². The third-order valence-electron chi connectivity index (χ3n) is 8.00. The molecule has 8 nitrogen and oxygen atoms in total. The highest BCUT2D eigenvalue weighted by atomic mass is 16.7. The molecule has 3 N–H and O–H groups in total. The Labute approximate surface area is 212 Å². The molecule has 1 saturated heterocycles. The van der Waals surface area contributed by atoms with Crippen molar-refractivity contribution in [3.8, 4) is 0 Å². The number of amides is 3. The highest BCUT2D eigenvalue weighted by Crippen LogP contribution is 2.50. The first-order valence-electron chi connectivity index (χ1n) is 13.6. The zero-order chi connectivity index (χ0) is 26.2. The summed E-state index contributed by atoms with van der Waals surface area (Å²) < 4.78 is 12.8. The van der Waals surface area contributed by atoms with Crippen molar-refractivity contribution in [3.05, 3.63) is 0 Å². The Morgan fingerprint density at radius 1 is 1.06 bits per heavy atom. The second-order valence-electron chi connectivity index (χ2n) is 11.5. The molecule has 1 heterocycles. The first kappa shape index (κ1) is 29.6. The van der Waals surface area contributed by atoms with E-state index in [4.69, 9.17) is 9.31 Å². The third-order valence-corrected chi connectivity index (χ3v) is 8.00. The third kappa shape index (κ3) is 8.78. The smallest absolute Gasteiger partial charge is 0.404 e. The fourth-order valence-corrected chi connectivity index (χ4v) is 5.54. The van der Waals surface area contributed by atoms with Crippen molar-refractivity contribution in [3.63, 3.8) is 0 Å². The molecule has 2 aliphatic rings. The van der Waals surface area contributed by atoms with Gasteiger partial charge in [0.05, 0.1) is 24.7 Å². The number of nitrogens with one attached hydrogen (secondary N) is 3. The van der Waals surface area contributed by atoms with Crippen LogP contribution < -0.4 is 16.0 Å². The molecule has 2 unspecified atom stereocenters. The lowest BCUT2D eigenvalue weighted by molar-refractivity contribution is -0.126. The molecule has 0 spiro atoms. The zero-order valence-electron chi connectivity index (χ0n) is 22.9. The average molecular weight is 493 g/mol. The largest absolute Gasteiger partial charge is 0.481 e. The van der Waals surface area contributed by atoms with Crippen molar-refractivity contribution < 1.29 is 23.7 Å².